The number of hydrogen-bond donors (Lipinski definition) is 3. The number of carbonyl (C=O) groups is 2. The first-order valence-electron chi connectivity index (χ1n) is 10.3. The van der Waals surface area contributed by atoms with Crippen LogP contribution in [-0.4, -0.2) is 20.2 Å². The van der Waals surface area contributed by atoms with Gasteiger partial charge in [-0.2, -0.15) is 4.72 Å². The van der Waals surface area contributed by atoms with Crippen molar-refractivity contribution in [2.24, 2.45) is 0 Å². The number of nitrogens with one attached hydrogen (secondary N) is 3. The van der Waals surface area contributed by atoms with E-state index in [0.29, 0.717) is 28.4 Å². The van der Waals surface area contributed by atoms with Gasteiger partial charge in [0.1, 0.15) is 6.04 Å². The van der Waals surface area contributed by atoms with Crippen molar-refractivity contribution in [2.45, 2.75) is 30.7 Å². The lowest BCUT2D eigenvalue weighted by atomic mass is 10.0. The number of fused-ring (bicyclic) bond motifs is 1. The van der Waals surface area contributed by atoms with Gasteiger partial charge in [-0.05, 0) is 60.4 Å². The first-order chi connectivity index (χ1) is 15.7. The lowest BCUT2D eigenvalue weighted by molar-refractivity contribution is -0.118. The molecule has 1 atom stereocenters. The molecular weight excluding hydrogens is 462 g/mol. The molecular formula is C24H22ClN3O4S. The van der Waals surface area contributed by atoms with Gasteiger partial charge in [0, 0.05) is 22.8 Å². The number of benzene rings is 3. The van der Waals surface area contributed by atoms with E-state index >= 15 is 0 Å². The zero-order valence-corrected chi connectivity index (χ0v) is 19.3. The van der Waals surface area contributed by atoms with Gasteiger partial charge in [-0.25, -0.2) is 8.42 Å². The largest absolute Gasteiger partial charge is 0.326 e. The summed E-state index contributed by atoms with van der Waals surface area (Å²) < 4.78 is 29.0. The highest BCUT2D eigenvalue weighted by Gasteiger charge is 2.28. The summed E-state index contributed by atoms with van der Waals surface area (Å²) >= 11 is 6.16. The van der Waals surface area contributed by atoms with E-state index in [-0.39, 0.29) is 17.2 Å². The molecule has 9 heteroatoms. The molecule has 3 aromatic rings. The smallest absolute Gasteiger partial charge is 0.247 e. The van der Waals surface area contributed by atoms with Crippen molar-refractivity contribution in [3.63, 3.8) is 0 Å². The molecule has 0 saturated carbocycles. The molecule has 0 unspecified atom stereocenters. The number of carbonyl (C=O) groups excluding carboxylic acids is 2. The lowest BCUT2D eigenvalue weighted by Gasteiger charge is -2.21. The fraction of sp³-hybridized carbons (Fsp3) is 0.167. The first-order valence-corrected chi connectivity index (χ1v) is 12.2. The number of halogens is 1. The van der Waals surface area contributed by atoms with Crippen LogP contribution in [0.2, 0.25) is 5.02 Å². The predicted octanol–water partition coefficient (Wildman–Crippen LogP) is 4.19. The minimum Gasteiger partial charge on any atom is -0.326 e. The topological polar surface area (TPSA) is 104 Å². The van der Waals surface area contributed by atoms with Crippen LogP contribution in [0.1, 0.15) is 29.2 Å². The standard InChI is InChI=1S/C24H22ClN3O4S/c1-15-7-9-18(14-20(15)25)26-24(30)23(16-5-3-2-4-6-16)28-33(31,32)19-10-11-21-17(13-19)8-12-22(29)27-21/h2-7,9-11,13-14,23,28H,8,12H2,1H3,(H,26,30)(H,27,29)/t23-/m0/s1. The Kier molecular flexibility index (Phi) is 6.51. The quantitative estimate of drug-likeness (QED) is 0.489. The van der Waals surface area contributed by atoms with Crippen LogP contribution in [0.3, 0.4) is 0 Å². The van der Waals surface area contributed by atoms with Crippen LogP contribution in [0.4, 0.5) is 11.4 Å². The number of sulfonamides is 1. The molecule has 7 nitrogen and oxygen atoms in total. The molecule has 0 radical (unpaired) electrons. The second kappa shape index (κ2) is 9.35. The van der Waals surface area contributed by atoms with E-state index < -0.39 is 22.0 Å². The maximum Gasteiger partial charge on any atom is 0.247 e. The number of anilines is 2. The van der Waals surface area contributed by atoms with Crippen LogP contribution in [0, 0.1) is 6.92 Å². The molecule has 1 aliphatic heterocycles. The molecule has 0 spiro atoms. The summed E-state index contributed by atoms with van der Waals surface area (Å²) in [5.74, 6) is -0.650. The van der Waals surface area contributed by atoms with Crippen LogP contribution in [-0.2, 0) is 26.0 Å². The minimum atomic E-state index is -4.06. The number of amides is 2. The van der Waals surface area contributed by atoms with E-state index in [1.54, 1.807) is 54.6 Å². The molecule has 0 aromatic heterocycles. The fourth-order valence-corrected chi connectivity index (χ4v) is 4.97. The van der Waals surface area contributed by atoms with E-state index in [1.165, 1.54) is 12.1 Å². The average Bonchev–Trinajstić information content (AvgIpc) is 2.80. The molecule has 3 N–H and O–H groups in total. The molecule has 2 amide bonds. The Hall–Kier alpha value is -3.20. The van der Waals surface area contributed by atoms with Crippen molar-refractivity contribution < 1.29 is 18.0 Å². The van der Waals surface area contributed by atoms with Gasteiger partial charge in [0.15, 0.2) is 0 Å². The summed E-state index contributed by atoms with van der Waals surface area (Å²) in [6, 6.07) is 17.0. The Balaban J connectivity index is 1.63. The van der Waals surface area contributed by atoms with Crippen LogP contribution in [0.25, 0.3) is 0 Å². The third kappa shape index (κ3) is 5.24. The van der Waals surface area contributed by atoms with Crippen molar-refractivity contribution in [1.82, 2.24) is 4.72 Å². The van der Waals surface area contributed by atoms with E-state index in [0.717, 1.165) is 11.1 Å². The van der Waals surface area contributed by atoms with Gasteiger partial charge in [-0.1, -0.05) is 48.0 Å². The second-order valence-corrected chi connectivity index (χ2v) is 9.91. The number of hydrogen-bond acceptors (Lipinski definition) is 4. The van der Waals surface area contributed by atoms with Crippen molar-refractivity contribution in [1.29, 1.82) is 0 Å². The zero-order chi connectivity index (χ0) is 23.6. The highest BCUT2D eigenvalue weighted by Crippen LogP contribution is 2.27. The van der Waals surface area contributed by atoms with Gasteiger partial charge in [-0.3, -0.25) is 9.59 Å². The summed E-state index contributed by atoms with van der Waals surface area (Å²) in [4.78, 5) is 24.8. The monoisotopic (exact) mass is 483 g/mol. The van der Waals surface area contributed by atoms with Crippen LogP contribution < -0.4 is 15.4 Å². The lowest BCUT2D eigenvalue weighted by Crippen LogP contribution is -2.37. The molecule has 0 aliphatic carbocycles. The maximum absolute atomic E-state index is 13.2. The van der Waals surface area contributed by atoms with Gasteiger partial charge in [-0.15, -0.1) is 0 Å². The molecule has 0 bridgehead atoms. The summed E-state index contributed by atoms with van der Waals surface area (Å²) in [6.07, 6.45) is 0.736. The highest BCUT2D eigenvalue weighted by molar-refractivity contribution is 7.89. The molecule has 33 heavy (non-hydrogen) atoms. The molecule has 1 heterocycles. The van der Waals surface area contributed by atoms with Crippen molar-refractivity contribution in [3.8, 4) is 0 Å². The molecule has 0 fully saturated rings. The Bertz CT molecular complexity index is 1330. The Labute approximate surface area is 197 Å². The third-order valence-electron chi connectivity index (χ3n) is 5.39. The molecule has 4 rings (SSSR count). The van der Waals surface area contributed by atoms with E-state index in [4.69, 9.17) is 11.6 Å². The fourth-order valence-electron chi connectivity index (χ4n) is 3.55. The zero-order valence-electron chi connectivity index (χ0n) is 17.8. The van der Waals surface area contributed by atoms with Gasteiger partial charge >= 0.3 is 0 Å². The van der Waals surface area contributed by atoms with E-state index in [1.807, 2.05) is 6.92 Å². The molecule has 0 saturated heterocycles. The maximum atomic E-state index is 13.2. The normalized spacial score (nSPS) is 14.2. The summed E-state index contributed by atoms with van der Waals surface area (Å²) in [5, 5.41) is 5.96. The Morgan fingerprint density at radius 1 is 1.03 bits per heavy atom. The van der Waals surface area contributed by atoms with Crippen LogP contribution >= 0.6 is 11.6 Å². The van der Waals surface area contributed by atoms with Gasteiger partial charge in [0.2, 0.25) is 21.8 Å². The number of aryl methyl sites for hydroxylation is 2. The van der Waals surface area contributed by atoms with Crippen molar-refractivity contribution in [3.05, 3.63) is 88.4 Å². The van der Waals surface area contributed by atoms with Gasteiger partial charge < -0.3 is 10.6 Å². The average molecular weight is 484 g/mol. The second-order valence-electron chi connectivity index (χ2n) is 7.79. The third-order valence-corrected chi connectivity index (χ3v) is 7.22. The molecule has 3 aromatic carbocycles. The number of rotatable bonds is 6. The molecule has 170 valence electrons. The van der Waals surface area contributed by atoms with E-state index in [9.17, 15) is 18.0 Å². The van der Waals surface area contributed by atoms with Crippen molar-refractivity contribution >= 4 is 44.8 Å². The van der Waals surface area contributed by atoms with Crippen LogP contribution in [0.5, 0.6) is 0 Å². The first kappa shape index (κ1) is 23.0. The SMILES string of the molecule is Cc1ccc(NC(=O)[C@@H](NS(=O)(=O)c2ccc3c(c2)CCC(=O)N3)c2ccccc2)cc1Cl. The Morgan fingerprint density at radius 3 is 2.52 bits per heavy atom. The minimum absolute atomic E-state index is 0.0181. The molecule has 1 aliphatic rings. The van der Waals surface area contributed by atoms with Gasteiger partial charge in [0.25, 0.3) is 0 Å². The Morgan fingerprint density at radius 2 is 1.79 bits per heavy atom. The van der Waals surface area contributed by atoms with Gasteiger partial charge in [0.05, 0.1) is 4.90 Å². The highest BCUT2D eigenvalue weighted by atomic mass is 35.5. The summed E-state index contributed by atoms with van der Waals surface area (Å²) in [6.45, 7) is 1.85. The van der Waals surface area contributed by atoms with Crippen molar-refractivity contribution in [2.75, 3.05) is 10.6 Å². The summed E-state index contributed by atoms with van der Waals surface area (Å²) in [7, 11) is -4.06. The van der Waals surface area contributed by atoms with Crippen LogP contribution in [0.15, 0.2) is 71.6 Å². The predicted molar refractivity (Wildman–Crippen MR) is 128 cm³/mol. The van der Waals surface area contributed by atoms with E-state index in [2.05, 4.69) is 15.4 Å². The summed E-state index contributed by atoms with van der Waals surface area (Å²) in [5.41, 5.74) is 3.13.